The van der Waals surface area contributed by atoms with Gasteiger partial charge in [-0.15, -0.1) is 13.2 Å². The van der Waals surface area contributed by atoms with Crippen molar-refractivity contribution in [1.29, 1.82) is 0 Å². The predicted molar refractivity (Wildman–Crippen MR) is 123 cm³/mol. The maximum Gasteiger partial charge on any atom is 0.573 e. The van der Waals surface area contributed by atoms with Crippen LogP contribution < -0.4 is 10.1 Å². The molecule has 35 heavy (non-hydrogen) atoms. The third kappa shape index (κ3) is 7.75. The van der Waals surface area contributed by atoms with Gasteiger partial charge in [-0.05, 0) is 64.2 Å². The van der Waals surface area contributed by atoms with E-state index in [2.05, 4.69) is 10.1 Å². The summed E-state index contributed by atoms with van der Waals surface area (Å²) in [5.41, 5.74) is -1.76. The number of piperidine rings is 1. The van der Waals surface area contributed by atoms with Gasteiger partial charge in [-0.1, -0.05) is 31.4 Å². The summed E-state index contributed by atoms with van der Waals surface area (Å²) < 4.78 is 47.8. The van der Waals surface area contributed by atoms with Crippen LogP contribution in [0.2, 0.25) is 0 Å². The standard InChI is InChI=1S/C25H35F3N2O5/c1-23(2,3)35-22(32)29-18-10-8-14-30(16-18)21(31)20(24(33)12-5-4-6-13-24)17-9-7-11-19(15-17)34-25(26,27)28/h7,9,11,15,18,20,33H,4-6,8,10,12-14,16H2,1-3H3,(H,29,32)/t18-,20-/m1/s1. The number of alkyl carbamates (subject to hydrolysis) is 1. The van der Waals surface area contributed by atoms with Crippen LogP contribution in [0.25, 0.3) is 0 Å². The lowest BCUT2D eigenvalue weighted by atomic mass is 9.72. The number of nitrogens with zero attached hydrogens (tertiary/aromatic N) is 1. The number of amides is 2. The van der Waals surface area contributed by atoms with Crippen LogP contribution in [-0.2, 0) is 9.53 Å². The Balaban J connectivity index is 1.83. The fourth-order valence-corrected chi connectivity index (χ4v) is 4.98. The largest absolute Gasteiger partial charge is 0.573 e. The zero-order valence-electron chi connectivity index (χ0n) is 20.5. The van der Waals surface area contributed by atoms with Crippen molar-refractivity contribution in [1.82, 2.24) is 10.2 Å². The van der Waals surface area contributed by atoms with E-state index in [1.54, 1.807) is 31.7 Å². The van der Waals surface area contributed by atoms with Crippen molar-refractivity contribution < 1.29 is 37.3 Å². The number of carbonyl (C=O) groups is 2. The minimum atomic E-state index is -4.87. The van der Waals surface area contributed by atoms with E-state index in [1.807, 2.05) is 0 Å². The molecule has 0 unspecified atom stereocenters. The summed E-state index contributed by atoms with van der Waals surface area (Å²) in [4.78, 5) is 27.6. The van der Waals surface area contributed by atoms with Crippen LogP contribution >= 0.6 is 0 Å². The van der Waals surface area contributed by atoms with Crippen LogP contribution in [0.4, 0.5) is 18.0 Å². The Morgan fingerprint density at radius 1 is 1.14 bits per heavy atom. The van der Waals surface area contributed by atoms with Crippen molar-refractivity contribution >= 4 is 12.0 Å². The van der Waals surface area contributed by atoms with E-state index < -0.39 is 35.3 Å². The average molecular weight is 501 g/mol. The normalized spacial score (nSPS) is 21.7. The van der Waals surface area contributed by atoms with Gasteiger partial charge in [0.15, 0.2) is 0 Å². The van der Waals surface area contributed by atoms with Gasteiger partial charge in [-0.3, -0.25) is 4.79 Å². The number of hydrogen-bond acceptors (Lipinski definition) is 5. The molecule has 3 rings (SSSR count). The molecule has 0 radical (unpaired) electrons. The van der Waals surface area contributed by atoms with Gasteiger partial charge in [0.2, 0.25) is 5.91 Å². The van der Waals surface area contributed by atoms with Crippen molar-refractivity contribution in [3.63, 3.8) is 0 Å². The molecule has 1 heterocycles. The molecular formula is C25H35F3N2O5. The molecule has 0 aromatic heterocycles. The molecule has 7 nitrogen and oxygen atoms in total. The number of carbonyl (C=O) groups excluding carboxylic acids is 2. The molecule has 1 aliphatic heterocycles. The Bertz CT molecular complexity index is 894. The second-order valence-corrected chi connectivity index (χ2v) is 10.5. The zero-order valence-corrected chi connectivity index (χ0v) is 20.5. The fraction of sp³-hybridized carbons (Fsp3) is 0.680. The van der Waals surface area contributed by atoms with Gasteiger partial charge in [-0.25, -0.2) is 4.79 Å². The van der Waals surface area contributed by atoms with Crippen LogP contribution in [-0.4, -0.2) is 58.7 Å². The third-order valence-corrected chi connectivity index (χ3v) is 6.38. The second-order valence-electron chi connectivity index (χ2n) is 10.5. The lowest BCUT2D eigenvalue weighted by Crippen LogP contribution is -2.54. The summed E-state index contributed by atoms with van der Waals surface area (Å²) in [6.07, 6.45) is -1.02. The number of nitrogens with one attached hydrogen (secondary N) is 1. The van der Waals surface area contributed by atoms with Crippen molar-refractivity contribution in [3.8, 4) is 5.75 Å². The van der Waals surface area contributed by atoms with Gasteiger partial charge in [0.1, 0.15) is 11.4 Å². The second kappa shape index (κ2) is 10.6. The van der Waals surface area contributed by atoms with Crippen molar-refractivity contribution in [2.75, 3.05) is 13.1 Å². The molecule has 196 valence electrons. The van der Waals surface area contributed by atoms with Crippen LogP contribution in [0.3, 0.4) is 0 Å². The van der Waals surface area contributed by atoms with Crippen molar-refractivity contribution in [2.24, 2.45) is 0 Å². The molecule has 2 N–H and O–H groups in total. The fourth-order valence-electron chi connectivity index (χ4n) is 4.98. The molecular weight excluding hydrogens is 465 g/mol. The highest BCUT2D eigenvalue weighted by Crippen LogP contribution is 2.42. The minimum absolute atomic E-state index is 0.226. The highest BCUT2D eigenvalue weighted by Gasteiger charge is 2.45. The van der Waals surface area contributed by atoms with Crippen molar-refractivity contribution in [2.45, 2.75) is 95.2 Å². The molecule has 1 aromatic rings. The number of benzene rings is 1. The smallest absolute Gasteiger partial charge is 0.444 e. The Morgan fingerprint density at radius 2 is 1.83 bits per heavy atom. The average Bonchev–Trinajstić information content (AvgIpc) is 2.72. The van der Waals surface area contributed by atoms with Gasteiger partial charge in [-0.2, -0.15) is 0 Å². The van der Waals surface area contributed by atoms with E-state index in [0.717, 1.165) is 19.3 Å². The number of likely N-dealkylation sites (tertiary alicyclic amines) is 1. The molecule has 2 atom stereocenters. The summed E-state index contributed by atoms with van der Waals surface area (Å²) in [7, 11) is 0. The highest BCUT2D eigenvalue weighted by atomic mass is 19.4. The van der Waals surface area contributed by atoms with E-state index >= 15 is 0 Å². The van der Waals surface area contributed by atoms with Gasteiger partial charge in [0.25, 0.3) is 0 Å². The first-order valence-electron chi connectivity index (χ1n) is 12.1. The highest BCUT2D eigenvalue weighted by molar-refractivity contribution is 5.85. The van der Waals surface area contributed by atoms with Gasteiger partial charge in [0.05, 0.1) is 11.5 Å². The Hall–Kier alpha value is -2.49. The van der Waals surface area contributed by atoms with E-state index in [9.17, 15) is 27.9 Å². The SMILES string of the molecule is CC(C)(C)OC(=O)N[C@@H]1CCCN(C(=O)[C@@H](c2cccc(OC(F)(F)F)c2)C2(O)CCCCC2)C1. The van der Waals surface area contributed by atoms with Gasteiger partial charge < -0.3 is 24.8 Å². The number of ether oxygens (including phenoxy) is 2. The maximum absolute atomic E-state index is 13.8. The topological polar surface area (TPSA) is 88.1 Å². The molecule has 2 amide bonds. The first kappa shape index (κ1) is 27.1. The zero-order chi connectivity index (χ0) is 25.9. The Labute approximate surface area is 204 Å². The number of rotatable bonds is 5. The third-order valence-electron chi connectivity index (χ3n) is 6.38. The van der Waals surface area contributed by atoms with Crippen LogP contribution in [0, 0.1) is 0 Å². The first-order chi connectivity index (χ1) is 16.3. The maximum atomic E-state index is 13.8. The number of hydrogen-bond donors (Lipinski definition) is 2. The van der Waals surface area contributed by atoms with Crippen molar-refractivity contribution in [3.05, 3.63) is 29.8 Å². The molecule has 1 saturated carbocycles. The van der Waals surface area contributed by atoms with E-state index in [4.69, 9.17) is 4.74 Å². The molecule has 1 aromatic carbocycles. The molecule has 1 saturated heterocycles. The van der Waals surface area contributed by atoms with E-state index in [1.165, 1.54) is 18.2 Å². The minimum Gasteiger partial charge on any atom is -0.444 e. The lowest BCUT2D eigenvalue weighted by molar-refractivity contribution is -0.274. The Morgan fingerprint density at radius 3 is 2.46 bits per heavy atom. The van der Waals surface area contributed by atoms with Crippen LogP contribution in [0.1, 0.15) is 77.2 Å². The molecule has 1 aliphatic carbocycles. The summed E-state index contributed by atoms with van der Waals surface area (Å²) in [5, 5.41) is 14.3. The summed E-state index contributed by atoms with van der Waals surface area (Å²) in [5.74, 6) is -1.84. The molecule has 0 spiro atoms. The summed E-state index contributed by atoms with van der Waals surface area (Å²) in [6.45, 7) is 5.93. The molecule has 2 aliphatic rings. The molecule has 0 bridgehead atoms. The van der Waals surface area contributed by atoms with E-state index in [-0.39, 0.29) is 24.1 Å². The monoisotopic (exact) mass is 500 g/mol. The number of halogens is 3. The van der Waals surface area contributed by atoms with E-state index in [0.29, 0.717) is 32.2 Å². The van der Waals surface area contributed by atoms with Gasteiger partial charge in [0, 0.05) is 19.1 Å². The quantitative estimate of drug-likeness (QED) is 0.602. The predicted octanol–water partition coefficient (Wildman–Crippen LogP) is 4.88. The number of aliphatic hydroxyl groups is 1. The molecule has 2 fully saturated rings. The van der Waals surface area contributed by atoms with Gasteiger partial charge >= 0.3 is 12.5 Å². The number of alkyl halides is 3. The first-order valence-corrected chi connectivity index (χ1v) is 12.1. The lowest BCUT2D eigenvalue weighted by Gasteiger charge is -2.42. The summed E-state index contributed by atoms with van der Waals surface area (Å²) in [6, 6.07) is 4.97. The van der Waals surface area contributed by atoms with Crippen LogP contribution in [0.15, 0.2) is 24.3 Å². The van der Waals surface area contributed by atoms with Crippen LogP contribution in [0.5, 0.6) is 5.75 Å². The molecule has 10 heteroatoms. The Kier molecular flexibility index (Phi) is 8.24. The summed E-state index contributed by atoms with van der Waals surface area (Å²) >= 11 is 0.